The van der Waals surface area contributed by atoms with Crippen molar-refractivity contribution in [1.82, 2.24) is 0 Å². The zero-order valence-electron chi connectivity index (χ0n) is 9.01. The molecule has 0 rings (SSSR count). The first-order valence-electron chi connectivity index (χ1n) is 4.66. The van der Waals surface area contributed by atoms with Gasteiger partial charge in [-0.1, -0.05) is 0 Å². The molecule has 0 fully saturated rings. The molecule has 0 aromatic heterocycles. The second kappa shape index (κ2) is 6.98. The second-order valence-corrected chi connectivity index (χ2v) is 4.65. The third kappa shape index (κ3) is 5.58. The smallest absolute Gasteiger partial charge is 0.318 e. The average molecular weight is 262 g/mol. The van der Waals surface area contributed by atoms with E-state index in [4.69, 9.17) is 0 Å². The van der Waals surface area contributed by atoms with E-state index in [9.17, 15) is 22.4 Å². The van der Waals surface area contributed by atoms with Crippen LogP contribution in [-0.4, -0.2) is 36.4 Å². The van der Waals surface area contributed by atoms with Crippen LogP contribution in [0.3, 0.4) is 0 Å². The highest BCUT2D eigenvalue weighted by atomic mass is 32.2. The fraction of sp³-hybridized carbons (Fsp3) is 0.889. The van der Waals surface area contributed by atoms with Crippen molar-refractivity contribution in [3.8, 4) is 0 Å². The quantitative estimate of drug-likeness (QED) is 0.401. The van der Waals surface area contributed by atoms with Gasteiger partial charge in [-0.05, 0) is 19.1 Å². The van der Waals surface area contributed by atoms with Gasteiger partial charge in [0.15, 0.2) is 0 Å². The van der Waals surface area contributed by atoms with E-state index in [1.807, 2.05) is 0 Å². The number of hydrogen-bond donors (Lipinski definition) is 0. The molecule has 7 heteroatoms. The van der Waals surface area contributed by atoms with Gasteiger partial charge in [-0.2, -0.15) is 0 Å². The molecule has 1 unspecified atom stereocenters. The SMILES string of the molecule is COC(=O)C(C)SCCCC(F)(F)C(F)F. The Labute approximate surface area is 95.7 Å². The number of carbonyl (C=O) groups is 1. The van der Waals surface area contributed by atoms with Gasteiger partial charge in [-0.25, -0.2) is 17.6 Å². The summed E-state index contributed by atoms with van der Waals surface area (Å²) in [5, 5.41) is -0.467. The van der Waals surface area contributed by atoms with E-state index in [1.54, 1.807) is 6.92 Å². The minimum absolute atomic E-state index is 0.0661. The summed E-state index contributed by atoms with van der Waals surface area (Å²) in [5.74, 6) is -4.17. The summed E-state index contributed by atoms with van der Waals surface area (Å²) in [5.41, 5.74) is 0. The van der Waals surface area contributed by atoms with Gasteiger partial charge in [0.1, 0.15) is 0 Å². The molecule has 96 valence electrons. The Bertz CT molecular complexity index is 224. The molecular weight excluding hydrogens is 248 g/mol. The molecule has 0 aliphatic heterocycles. The second-order valence-electron chi connectivity index (χ2n) is 3.20. The standard InChI is InChI=1S/C9H14F4O2S/c1-6(7(14)15-2)16-5-3-4-9(12,13)8(10)11/h6,8H,3-5H2,1-2H3. The van der Waals surface area contributed by atoms with Crippen LogP contribution in [0.4, 0.5) is 17.6 Å². The molecule has 0 amide bonds. The molecule has 0 bridgehead atoms. The summed E-state index contributed by atoms with van der Waals surface area (Å²) in [6, 6.07) is 0. The van der Waals surface area contributed by atoms with Crippen molar-refractivity contribution in [2.45, 2.75) is 37.4 Å². The van der Waals surface area contributed by atoms with E-state index in [0.29, 0.717) is 0 Å². The van der Waals surface area contributed by atoms with Crippen molar-refractivity contribution < 1.29 is 27.1 Å². The molecule has 0 spiro atoms. The molecule has 16 heavy (non-hydrogen) atoms. The number of thioether (sulfide) groups is 1. The van der Waals surface area contributed by atoms with Gasteiger partial charge < -0.3 is 4.74 Å². The minimum Gasteiger partial charge on any atom is -0.468 e. The molecule has 0 radical (unpaired) electrons. The molecule has 0 N–H and O–H groups in total. The van der Waals surface area contributed by atoms with Crippen LogP contribution in [0.25, 0.3) is 0 Å². The number of carbonyl (C=O) groups excluding carboxylic acids is 1. The number of ether oxygens (including phenoxy) is 1. The molecule has 0 aromatic rings. The first kappa shape index (κ1) is 15.5. The van der Waals surface area contributed by atoms with Crippen molar-refractivity contribution in [2.24, 2.45) is 0 Å². The molecular formula is C9H14F4O2S. The number of hydrogen-bond acceptors (Lipinski definition) is 3. The fourth-order valence-electron chi connectivity index (χ4n) is 0.911. The number of alkyl halides is 4. The summed E-state index contributed by atoms with van der Waals surface area (Å²) in [7, 11) is 1.23. The van der Waals surface area contributed by atoms with E-state index < -0.39 is 30.0 Å². The third-order valence-electron chi connectivity index (χ3n) is 1.87. The van der Waals surface area contributed by atoms with E-state index in [0.717, 1.165) is 11.8 Å². The highest BCUT2D eigenvalue weighted by Crippen LogP contribution is 2.29. The normalized spacial score (nSPS) is 13.9. The molecule has 0 saturated carbocycles. The Balaban J connectivity index is 3.72. The maximum absolute atomic E-state index is 12.4. The molecule has 0 aliphatic carbocycles. The Morgan fingerprint density at radius 2 is 2.00 bits per heavy atom. The lowest BCUT2D eigenvalue weighted by molar-refractivity contribution is -0.139. The fourth-order valence-corrected chi connectivity index (χ4v) is 1.81. The monoisotopic (exact) mass is 262 g/mol. The van der Waals surface area contributed by atoms with Crippen molar-refractivity contribution in [2.75, 3.05) is 12.9 Å². The van der Waals surface area contributed by atoms with Crippen LogP contribution in [0.2, 0.25) is 0 Å². The highest BCUT2D eigenvalue weighted by molar-refractivity contribution is 8.00. The van der Waals surface area contributed by atoms with Crippen LogP contribution >= 0.6 is 11.8 Å². The Hall–Kier alpha value is -0.460. The van der Waals surface area contributed by atoms with Crippen molar-refractivity contribution in [3.05, 3.63) is 0 Å². The molecule has 0 heterocycles. The lowest BCUT2D eigenvalue weighted by Crippen LogP contribution is -2.26. The van der Waals surface area contributed by atoms with Gasteiger partial charge in [0.25, 0.3) is 0 Å². The molecule has 0 aromatic carbocycles. The predicted octanol–water partition coefficient (Wildman–Crippen LogP) is 2.96. The predicted molar refractivity (Wildman–Crippen MR) is 54.1 cm³/mol. The van der Waals surface area contributed by atoms with E-state index >= 15 is 0 Å². The van der Waals surface area contributed by atoms with Crippen molar-refractivity contribution >= 4 is 17.7 Å². The Morgan fingerprint density at radius 3 is 2.44 bits per heavy atom. The van der Waals surface area contributed by atoms with Gasteiger partial charge in [-0.3, -0.25) is 4.79 Å². The topological polar surface area (TPSA) is 26.3 Å². The van der Waals surface area contributed by atoms with Gasteiger partial charge in [0.05, 0.1) is 12.4 Å². The van der Waals surface area contributed by atoms with E-state index in [-0.39, 0.29) is 12.2 Å². The zero-order valence-corrected chi connectivity index (χ0v) is 9.83. The summed E-state index contributed by atoms with van der Waals surface area (Å²) in [6.07, 6.45) is -4.56. The van der Waals surface area contributed by atoms with E-state index in [1.165, 1.54) is 7.11 Å². The van der Waals surface area contributed by atoms with Crippen LogP contribution in [0.1, 0.15) is 19.8 Å². The number of halogens is 4. The third-order valence-corrected chi connectivity index (χ3v) is 3.09. The van der Waals surface area contributed by atoms with Crippen LogP contribution < -0.4 is 0 Å². The largest absolute Gasteiger partial charge is 0.468 e. The molecule has 2 nitrogen and oxygen atoms in total. The van der Waals surface area contributed by atoms with Crippen LogP contribution in [-0.2, 0) is 9.53 Å². The summed E-state index contributed by atoms with van der Waals surface area (Å²) >= 11 is 1.11. The zero-order chi connectivity index (χ0) is 12.8. The lowest BCUT2D eigenvalue weighted by atomic mass is 10.2. The summed E-state index contributed by atoms with van der Waals surface area (Å²) in [4.78, 5) is 10.9. The van der Waals surface area contributed by atoms with E-state index in [2.05, 4.69) is 4.74 Å². The summed E-state index contributed by atoms with van der Waals surface area (Å²) < 4.78 is 52.8. The Morgan fingerprint density at radius 1 is 1.44 bits per heavy atom. The van der Waals surface area contributed by atoms with Crippen LogP contribution in [0.5, 0.6) is 0 Å². The molecule has 1 atom stereocenters. The first-order chi connectivity index (χ1) is 7.31. The van der Waals surface area contributed by atoms with Crippen LogP contribution in [0.15, 0.2) is 0 Å². The van der Waals surface area contributed by atoms with Gasteiger partial charge in [0.2, 0.25) is 0 Å². The van der Waals surface area contributed by atoms with Gasteiger partial charge in [0, 0.05) is 6.42 Å². The summed E-state index contributed by atoms with van der Waals surface area (Å²) in [6.45, 7) is 1.57. The van der Waals surface area contributed by atoms with Crippen molar-refractivity contribution in [1.29, 1.82) is 0 Å². The molecule has 0 saturated heterocycles. The van der Waals surface area contributed by atoms with Gasteiger partial charge >= 0.3 is 18.3 Å². The van der Waals surface area contributed by atoms with Gasteiger partial charge in [-0.15, -0.1) is 11.8 Å². The van der Waals surface area contributed by atoms with Crippen LogP contribution in [0, 0.1) is 0 Å². The maximum Gasteiger partial charge on any atom is 0.318 e. The van der Waals surface area contributed by atoms with Crippen molar-refractivity contribution in [3.63, 3.8) is 0 Å². The first-order valence-corrected chi connectivity index (χ1v) is 5.71. The maximum atomic E-state index is 12.4. The number of esters is 1. The number of methoxy groups -OCH3 is 1. The minimum atomic E-state index is -3.94. The Kier molecular flexibility index (Phi) is 6.78. The lowest BCUT2D eigenvalue weighted by Gasteiger charge is -2.15. The number of rotatable bonds is 7. The highest BCUT2D eigenvalue weighted by Gasteiger charge is 2.39. The molecule has 0 aliphatic rings. The average Bonchev–Trinajstić information content (AvgIpc) is 2.22.